The van der Waals surface area contributed by atoms with E-state index in [0.717, 1.165) is 25.7 Å². The van der Waals surface area contributed by atoms with Crippen LogP contribution in [0.1, 0.15) is 78.2 Å². The average molecular weight is 554 g/mol. The predicted molar refractivity (Wildman–Crippen MR) is 143 cm³/mol. The molecule has 0 amide bonds. The summed E-state index contributed by atoms with van der Waals surface area (Å²) in [4.78, 5) is 48.6. The molecule has 11 heteroatoms. The van der Waals surface area contributed by atoms with Crippen molar-refractivity contribution in [3.63, 3.8) is 0 Å². The van der Waals surface area contributed by atoms with Crippen molar-refractivity contribution < 1.29 is 47.6 Å². The second-order valence-corrected chi connectivity index (χ2v) is 8.98. The molecule has 0 fully saturated rings. The summed E-state index contributed by atoms with van der Waals surface area (Å²) in [6.07, 6.45) is 2.79. The third-order valence-corrected chi connectivity index (χ3v) is 5.47. The molecule has 0 saturated carbocycles. The Kier molecular flexibility index (Phi) is 17.0. The molecule has 0 saturated heterocycles. The van der Waals surface area contributed by atoms with Gasteiger partial charge in [-0.25, -0.2) is 9.59 Å². The van der Waals surface area contributed by atoms with Crippen LogP contribution in [0.25, 0.3) is 0 Å². The Morgan fingerprint density at radius 1 is 0.846 bits per heavy atom. The van der Waals surface area contributed by atoms with E-state index in [9.17, 15) is 19.2 Å². The number of hydrogen-bond donors (Lipinski definition) is 1. The first-order valence-electron chi connectivity index (χ1n) is 13.6. The smallest absolute Gasteiger partial charge is 0.468 e. The zero-order valence-electron chi connectivity index (χ0n) is 23.7. The lowest BCUT2D eigenvalue weighted by Crippen LogP contribution is -2.43. The van der Waals surface area contributed by atoms with Gasteiger partial charge in [0.2, 0.25) is 0 Å². The van der Waals surface area contributed by atoms with Crippen LogP contribution < -0.4 is 14.8 Å². The standard InChI is InChI=1S/C28H43NO10/c1-6-9-12-25(30)37-20(4)19-29-22(26(31)34-5)17-21-13-14-23(38-27(32)35-15-10-7-2)24(18-21)39-28(33)36-16-11-8-3/h13-14,18,20,22,29H,6-12,15-17,19H2,1-5H3/t20?,22-/m0/s1. The lowest BCUT2D eigenvalue weighted by Gasteiger charge is -2.20. The van der Waals surface area contributed by atoms with E-state index in [-0.39, 0.29) is 43.6 Å². The van der Waals surface area contributed by atoms with Gasteiger partial charge in [-0.3, -0.25) is 9.59 Å². The van der Waals surface area contributed by atoms with Crippen LogP contribution in [0.15, 0.2) is 18.2 Å². The monoisotopic (exact) mass is 553 g/mol. The van der Waals surface area contributed by atoms with Crippen LogP contribution in [0.4, 0.5) is 9.59 Å². The normalized spacial score (nSPS) is 12.1. The van der Waals surface area contributed by atoms with E-state index in [1.807, 2.05) is 20.8 Å². The SMILES string of the molecule is CCCCOC(=O)Oc1ccc(C[C@H](NCC(C)OC(=O)CCCC)C(=O)OC)cc1OC(=O)OCCCC. The molecule has 0 spiro atoms. The Bertz CT molecular complexity index is 904. The first-order valence-corrected chi connectivity index (χ1v) is 13.6. The van der Waals surface area contributed by atoms with Crippen LogP contribution in [-0.4, -0.2) is 63.3 Å². The number of carbonyl (C=O) groups is 4. The van der Waals surface area contributed by atoms with Crippen LogP contribution in [0.3, 0.4) is 0 Å². The quantitative estimate of drug-likeness (QED) is 0.112. The molecule has 1 N–H and O–H groups in total. The van der Waals surface area contributed by atoms with Crippen LogP contribution in [0.5, 0.6) is 11.5 Å². The van der Waals surface area contributed by atoms with Crippen LogP contribution in [0.2, 0.25) is 0 Å². The summed E-state index contributed by atoms with van der Waals surface area (Å²) in [5.41, 5.74) is 0.577. The number of hydrogen-bond acceptors (Lipinski definition) is 11. The summed E-state index contributed by atoms with van der Waals surface area (Å²) in [5.74, 6) is -0.927. The molecule has 39 heavy (non-hydrogen) atoms. The van der Waals surface area contributed by atoms with E-state index in [1.54, 1.807) is 13.0 Å². The second-order valence-electron chi connectivity index (χ2n) is 8.98. The Balaban J connectivity index is 2.99. The Labute approximate surface area is 230 Å². The van der Waals surface area contributed by atoms with Gasteiger partial charge in [-0.2, -0.15) is 0 Å². The van der Waals surface area contributed by atoms with Gasteiger partial charge in [-0.1, -0.05) is 46.1 Å². The maximum absolute atomic E-state index is 12.5. The van der Waals surface area contributed by atoms with Crippen molar-refractivity contribution in [3.05, 3.63) is 23.8 Å². The molecule has 0 aliphatic carbocycles. The molecule has 0 aliphatic rings. The average Bonchev–Trinajstić information content (AvgIpc) is 2.91. The minimum Gasteiger partial charge on any atom is -0.468 e. The molecule has 0 bridgehead atoms. The molecule has 2 atom stereocenters. The van der Waals surface area contributed by atoms with E-state index in [0.29, 0.717) is 24.8 Å². The molecule has 1 aromatic rings. The molecule has 0 radical (unpaired) electrons. The fraction of sp³-hybridized carbons (Fsp3) is 0.643. The number of unbranched alkanes of at least 4 members (excludes halogenated alkanes) is 3. The molecule has 1 aromatic carbocycles. The highest BCUT2D eigenvalue weighted by Gasteiger charge is 2.23. The summed E-state index contributed by atoms with van der Waals surface area (Å²) in [5, 5.41) is 3.06. The molecule has 0 aromatic heterocycles. The van der Waals surface area contributed by atoms with Gasteiger partial charge in [-0.05, 0) is 50.3 Å². The zero-order valence-corrected chi connectivity index (χ0v) is 23.7. The molecular weight excluding hydrogens is 510 g/mol. The van der Waals surface area contributed by atoms with Crippen molar-refractivity contribution in [2.75, 3.05) is 26.9 Å². The fourth-order valence-corrected chi connectivity index (χ4v) is 3.25. The first kappa shape index (κ1) is 33.7. The van der Waals surface area contributed by atoms with E-state index in [4.69, 9.17) is 28.4 Å². The highest BCUT2D eigenvalue weighted by molar-refractivity contribution is 5.76. The Hall–Kier alpha value is -3.34. The lowest BCUT2D eigenvalue weighted by molar-refractivity contribution is -0.148. The number of ether oxygens (including phenoxy) is 6. The lowest BCUT2D eigenvalue weighted by atomic mass is 10.0. The van der Waals surface area contributed by atoms with Crippen molar-refractivity contribution >= 4 is 24.2 Å². The summed E-state index contributed by atoms with van der Waals surface area (Å²) in [6.45, 7) is 8.23. The van der Waals surface area contributed by atoms with Gasteiger partial charge in [0.05, 0.1) is 20.3 Å². The number of nitrogens with one attached hydrogen (secondary N) is 1. The molecule has 11 nitrogen and oxygen atoms in total. The minimum atomic E-state index is -0.953. The number of carbonyl (C=O) groups excluding carboxylic acids is 4. The van der Waals surface area contributed by atoms with Crippen molar-refractivity contribution in [2.24, 2.45) is 0 Å². The van der Waals surface area contributed by atoms with Gasteiger partial charge < -0.3 is 33.7 Å². The third-order valence-electron chi connectivity index (χ3n) is 5.47. The molecular formula is C28H43NO10. The highest BCUT2D eigenvalue weighted by atomic mass is 16.7. The third kappa shape index (κ3) is 14.4. The van der Waals surface area contributed by atoms with Gasteiger partial charge in [0.1, 0.15) is 12.1 Å². The Morgan fingerprint density at radius 3 is 2.00 bits per heavy atom. The summed E-state index contributed by atoms with van der Waals surface area (Å²) in [7, 11) is 1.27. The number of methoxy groups -OCH3 is 1. The van der Waals surface area contributed by atoms with E-state index in [2.05, 4.69) is 5.32 Å². The molecule has 0 aliphatic heterocycles. The van der Waals surface area contributed by atoms with Gasteiger partial charge in [0, 0.05) is 13.0 Å². The summed E-state index contributed by atoms with van der Waals surface area (Å²) >= 11 is 0. The van der Waals surface area contributed by atoms with Crippen LogP contribution in [-0.2, 0) is 35.0 Å². The second kappa shape index (κ2) is 19.7. The summed E-state index contributed by atoms with van der Waals surface area (Å²) in [6, 6.07) is 3.75. The number of esters is 2. The van der Waals surface area contributed by atoms with Crippen molar-refractivity contribution in [3.8, 4) is 11.5 Å². The van der Waals surface area contributed by atoms with Gasteiger partial charge in [0.25, 0.3) is 0 Å². The van der Waals surface area contributed by atoms with Crippen molar-refractivity contribution in [2.45, 2.75) is 91.2 Å². The molecule has 1 unspecified atom stereocenters. The predicted octanol–water partition coefficient (Wildman–Crippen LogP) is 5.11. The Morgan fingerprint density at radius 2 is 1.44 bits per heavy atom. The topological polar surface area (TPSA) is 136 Å². The zero-order chi connectivity index (χ0) is 29.0. The number of rotatable bonds is 18. The largest absolute Gasteiger partial charge is 0.513 e. The van der Waals surface area contributed by atoms with Crippen LogP contribution in [0, 0.1) is 0 Å². The maximum Gasteiger partial charge on any atom is 0.513 e. The molecule has 1 rings (SSSR count). The van der Waals surface area contributed by atoms with Crippen molar-refractivity contribution in [1.29, 1.82) is 0 Å². The molecule has 220 valence electrons. The summed E-state index contributed by atoms with van der Waals surface area (Å²) < 4.78 is 30.9. The van der Waals surface area contributed by atoms with Gasteiger partial charge >= 0.3 is 24.2 Å². The number of benzene rings is 1. The maximum atomic E-state index is 12.5. The fourth-order valence-electron chi connectivity index (χ4n) is 3.25. The van der Waals surface area contributed by atoms with Gasteiger partial charge in [0.15, 0.2) is 11.5 Å². The van der Waals surface area contributed by atoms with Crippen LogP contribution >= 0.6 is 0 Å². The highest BCUT2D eigenvalue weighted by Crippen LogP contribution is 2.30. The molecule has 0 heterocycles. The van der Waals surface area contributed by atoms with E-state index >= 15 is 0 Å². The first-order chi connectivity index (χ1) is 18.7. The minimum absolute atomic E-state index is 0.0390. The van der Waals surface area contributed by atoms with Crippen molar-refractivity contribution in [1.82, 2.24) is 5.32 Å². The van der Waals surface area contributed by atoms with Gasteiger partial charge in [-0.15, -0.1) is 0 Å². The van der Waals surface area contributed by atoms with E-state index < -0.39 is 30.4 Å². The van der Waals surface area contributed by atoms with E-state index in [1.165, 1.54) is 19.2 Å².